The summed E-state index contributed by atoms with van der Waals surface area (Å²) in [5, 5.41) is 10.8. The van der Waals surface area contributed by atoms with E-state index in [1.165, 1.54) is 16.6 Å². The van der Waals surface area contributed by atoms with Gasteiger partial charge in [-0.3, -0.25) is 9.36 Å². The number of aryl methyl sites for hydroxylation is 1. The van der Waals surface area contributed by atoms with Crippen LogP contribution >= 0.6 is 34.7 Å². The highest BCUT2D eigenvalue weighted by Gasteiger charge is 2.25. The third kappa shape index (κ3) is 3.40. The molecule has 0 fully saturated rings. The van der Waals surface area contributed by atoms with E-state index in [0.717, 1.165) is 40.7 Å². The van der Waals surface area contributed by atoms with E-state index in [4.69, 9.17) is 16.6 Å². The summed E-state index contributed by atoms with van der Waals surface area (Å²) in [6.45, 7) is 4.07. The number of benzene rings is 1. The fraction of sp³-hybridized carbons (Fsp3) is 0.350. The first kappa shape index (κ1) is 18.5. The summed E-state index contributed by atoms with van der Waals surface area (Å²) >= 11 is 8.96. The first-order valence-corrected chi connectivity index (χ1v) is 10.9. The Balaban J connectivity index is 1.99. The van der Waals surface area contributed by atoms with Crippen LogP contribution in [-0.2, 0) is 12.8 Å². The van der Waals surface area contributed by atoms with Crippen molar-refractivity contribution < 1.29 is 0 Å². The Labute approximate surface area is 170 Å². The maximum absolute atomic E-state index is 13.5. The Kier molecular flexibility index (Phi) is 5.02. The molecule has 27 heavy (non-hydrogen) atoms. The van der Waals surface area contributed by atoms with E-state index < -0.39 is 0 Å². The van der Waals surface area contributed by atoms with E-state index in [-0.39, 0.29) is 10.8 Å². The van der Waals surface area contributed by atoms with Gasteiger partial charge in [0.05, 0.1) is 22.4 Å². The molecule has 2 atom stereocenters. The lowest BCUT2D eigenvalue weighted by molar-refractivity contribution is 0.509. The minimum Gasteiger partial charge on any atom is -0.268 e. The summed E-state index contributed by atoms with van der Waals surface area (Å²) in [6, 6.07) is 9.38. The lowest BCUT2D eigenvalue weighted by Crippen LogP contribution is -2.23. The molecular weight excluding hydrogens is 398 g/mol. The highest BCUT2D eigenvalue weighted by molar-refractivity contribution is 8.00. The van der Waals surface area contributed by atoms with E-state index in [9.17, 15) is 10.1 Å². The largest absolute Gasteiger partial charge is 0.268 e. The maximum atomic E-state index is 13.5. The summed E-state index contributed by atoms with van der Waals surface area (Å²) in [6.07, 6.45) is 3.03. The van der Waals surface area contributed by atoms with Gasteiger partial charge in [0, 0.05) is 9.90 Å². The molecule has 2 aromatic heterocycles. The van der Waals surface area contributed by atoms with Crippen molar-refractivity contribution in [1.82, 2.24) is 9.55 Å². The standard InChI is InChI=1S/C20H18ClN3OS2/c1-11-3-8-15-16(9-11)27-18-17(15)19(25)24(14-6-4-13(21)5-7-14)20(23-18)26-12(2)10-22/h4-7,11-12H,3,8-9H2,1-2H3/t11-,12+/m1/s1. The predicted molar refractivity (Wildman–Crippen MR) is 112 cm³/mol. The Bertz CT molecular complexity index is 1110. The monoisotopic (exact) mass is 415 g/mol. The van der Waals surface area contributed by atoms with Gasteiger partial charge in [-0.2, -0.15) is 5.26 Å². The fourth-order valence-corrected chi connectivity index (χ4v) is 5.82. The number of thioether (sulfide) groups is 1. The molecule has 0 bridgehead atoms. The zero-order valence-corrected chi connectivity index (χ0v) is 17.4. The van der Waals surface area contributed by atoms with Gasteiger partial charge in [0.15, 0.2) is 5.16 Å². The third-order valence-corrected chi connectivity index (χ3v) is 7.19. The second kappa shape index (κ2) is 7.31. The van der Waals surface area contributed by atoms with Crippen LogP contribution in [0.5, 0.6) is 0 Å². The van der Waals surface area contributed by atoms with Crippen molar-refractivity contribution in [2.45, 2.75) is 43.5 Å². The smallest absolute Gasteiger partial charge is 0.267 e. The molecule has 1 aliphatic carbocycles. The molecule has 4 rings (SSSR count). The minimum absolute atomic E-state index is 0.0537. The topological polar surface area (TPSA) is 58.7 Å². The van der Waals surface area contributed by atoms with Gasteiger partial charge in [-0.05, 0) is 61.9 Å². The molecule has 0 spiro atoms. The van der Waals surface area contributed by atoms with Crippen molar-refractivity contribution in [2.24, 2.45) is 5.92 Å². The lowest BCUT2D eigenvalue weighted by Gasteiger charge is -2.18. The van der Waals surface area contributed by atoms with Gasteiger partial charge in [-0.25, -0.2) is 4.98 Å². The summed E-state index contributed by atoms with van der Waals surface area (Å²) in [5.41, 5.74) is 1.83. The number of fused-ring (bicyclic) bond motifs is 3. The van der Waals surface area contributed by atoms with Crippen LogP contribution < -0.4 is 5.56 Å². The van der Waals surface area contributed by atoms with Crippen molar-refractivity contribution in [3.8, 4) is 11.8 Å². The highest BCUT2D eigenvalue weighted by atomic mass is 35.5. The van der Waals surface area contributed by atoms with Crippen molar-refractivity contribution in [3.63, 3.8) is 0 Å². The molecule has 0 N–H and O–H groups in total. The van der Waals surface area contributed by atoms with Gasteiger partial charge in [0.2, 0.25) is 0 Å². The minimum atomic E-state index is -0.303. The van der Waals surface area contributed by atoms with Crippen molar-refractivity contribution in [1.29, 1.82) is 5.26 Å². The van der Waals surface area contributed by atoms with Gasteiger partial charge in [-0.1, -0.05) is 30.3 Å². The van der Waals surface area contributed by atoms with Crippen LogP contribution in [0, 0.1) is 17.2 Å². The average Bonchev–Trinajstić information content (AvgIpc) is 3.00. The third-order valence-electron chi connectivity index (χ3n) is 4.85. The van der Waals surface area contributed by atoms with Crippen molar-refractivity contribution >= 4 is 44.9 Å². The molecule has 0 unspecified atom stereocenters. The molecule has 4 nitrogen and oxygen atoms in total. The number of halogens is 1. The maximum Gasteiger partial charge on any atom is 0.267 e. The zero-order valence-electron chi connectivity index (χ0n) is 15.0. The van der Waals surface area contributed by atoms with E-state index in [2.05, 4.69) is 13.0 Å². The molecular formula is C20H18ClN3OS2. The highest BCUT2D eigenvalue weighted by Crippen LogP contribution is 2.37. The van der Waals surface area contributed by atoms with Gasteiger partial charge in [-0.15, -0.1) is 11.3 Å². The molecule has 0 aliphatic heterocycles. The number of hydrogen-bond donors (Lipinski definition) is 0. The average molecular weight is 416 g/mol. The van der Waals surface area contributed by atoms with Crippen LogP contribution in [0.2, 0.25) is 5.02 Å². The van der Waals surface area contributed by atoms with Crippen LogP contribution in [0.15, 0.2) is 34.2 Å². The Hall–Kier alpha value is -1.81. The van der Waals surface area contributed by atoms with E-state index >= 15 is 0 Å². The number of aromatic nitrogens is 2. The second-order valence-electron chi connectivity index (χ2n) is 6.93. The van der Waals surface area contributed by atoms with Crippen LogP contribution in [0.1, 0.15) is 30.7 Å². The molecule has 0 saturated carbocycles. The number of thiophene rings is 1. The van der Waals surface area contributed by atoms with Crippen molar-refractivity contribution in [3.05, 3.63) is 50.1 Å². The van der Waals surface area contributed by atoms with E-state index in [1.807, 2.05) is 19.1 Å². The van der Waals surface area contributed by atoms with E-state index in [1.54, 1.807) is 28.0 Å². The number of nitrogens with zero attached hydrogens (tertiary/aromatic N) is 3. The van der Waals surface area contributed by atoms with Crippen LogP contribution in [-0.4, -0.2) is 14.8 Å². The lowest BCUT2D eigenvalue weighted by atomic mass is 9.89. The van der Waals surface area contributed by atoms with Gasteiger partial charge in [0.1, 0.15) is 4.83 Å². The van der Waals surface area contributed by atoms with Crippen molar-refractivity contribution in [2.75, 3.05) is 0 Å². The van der Waals surface area contributed by atoms with Gasteiger partial charge in [0.25, 0.3) is 5.56 Å². The Morgan fingerprint density at radius 2 is 2.15 bits per heavy atom. The molecule has 1 aromatic carbocycles. The van der Waals surface area contributed by atoms with E-state index in [0.29, 0.717) is 16.1 Å². The summed E-state index contributed by atoms with van der Waals surface area (Å²) in [5.74, 6) is 0.636. The summed E-state index contributed by atoms with van der Waals surface area (Å²) < 4.78 is 1.63. The van der Waals surface area contributed by atoms with Gasteiger partial charge < -0.3 is 0 Å². The quantitative estimate of drug-likeness (QED) is 0.434. The molecule has 0 radical (unpaired) electrons. The Morgan fingerprint density at radius 3 is 2.85 bits per heavy atom. The first-order chi connectivity index (χ1) is 13.0. The molecule has 0 amide bonds. The molecule has 138 valence electrons. The summed E-state index contributed by atoms with van der Waals surface area (Å²) in [7, 11) is 0. The fourth-order valence-electron chi connectivity index (χ4n) is 3.45. The van der Waals surface area contributed by atoms with Gasteiger partial charge >= 0.3 is 0 Å². The normalized spacial score (nSPS) is 17.5. The molecule has 2 heterocycles. The van der Waals surface area contributed by atoms with Crippen LogP contribution in [0.3, 0.4) is 0 Å². The number of hydrogen-bond acceptors (Lipinski definition) is 5. The number of rotatable bonds is 3. The summed E-state index contributed by atoms with van der Waals surface area (Å²) in [4.78, 5) is 20.4. The van der Waals surface area contributed by atoms with Crippen LogP contribution in [0.25, 0.3) is 15.9 Å². The Morgan fingerprint density at radius 1 is 1.41 bits per heavy atom. The van der Waals surface area contributed by atoms with Crippen LogP contribution in [0.4, 0.5) is 0 Å². The predicted octanol–water partition coefficient (Wildman–Crippen LogP) is 5.23. The first-order valence-electron chi connectivity index (χ1n) is 8.87. The molecule has 0 saturated heterocycles. The SMILES string of the molecule is C[C@@H]1CCc2c(sc3nc(S[C@@H](C)C#N)n(-c4ccc(Cl)cc4)c(=O)c23)C1. The molecule has 7 heteroatoms. The second-order valence-corrected chi connectivity index (χ2v) is 9.76. The number of nitriles is 1. The molecule has 1 aliphatic rings. The molecule has 3 aromatic rings. The zero-order chi connectivity index (χ0) is 19.1.